The summed E-state index contributed by atoms with van der Waals surface area (Å²) < 4.78 is 0. The van der Waals surface area contributed by atoms with Crippen molar-refractivity contribution in [1.82, 2.24) is 0 Å². The van der Waals surface area contributed by atoms with E-state index in [1.807, 2.05) is 19.1 Å². The van der Waals surface area contributed by atoms with Crippen molar-refractivity contribution in [3.8, 4) is 0 Å². The highest BCUT2D eigenvalue weighted by Gasteiger charge is 2.06. The van der Waals surface area contributed by atoms with Gasteiger partial charge in [-0.3, -0.25) is 0 Å². The van der Waals surface area contributed by atoms with Crippen molar-refractivity contribution in [2.24, 2.45) is 11.8 Å². The minimum Gasteiger partial charge on any atom is -0.398 e. The van der Waals surface area contributed by atoms with Crippen LogP contribution in [0.5, 0.6) is 0 Å². The number of nitrogens with two attached hydrogens (primary N) is 2. The van der Waals surface area contributed by atoms with Crippen LogP contribution in [0.3, 0.4) is 0 Å². The lowest BCUT2D eigenvalue weighted by Gasteiger charge is -2.12. The van der Waals surface area contributed by atoms with Crippen LogP contribution in [0.1, 0.15) is 64.0 Å². The maximum atomic E-state index is 6.12. The normalized spacial score (nSPS) is 13.1. The average Bonchev–Trinajstić information content (AvgIpc) is 2.44. The fourth-order valence-electron chi connectivity index (χ4n) is 3.01. The molecule has 1 aromatic rings. The molecule has 0 aliphatic heterocycles. The smallest absolute Gasteiger partial charge is 0.0397 e. The van der Waals surface area contributed by atoms with Crippen molar-refractivity contribution >= 4 is 11.4 Å². The topological polar surface area (TPSA) is 52.0 Å². The quantitative estimate of drug-likeness (QED) is 0.359. The summed E-state index contributed by atoms with van der Waals surface area (Å²) in [6.45, 7) is 9.00. The molecule has 22 heavy (non-hydrogen) atoms. The van der Waals surface area contributed by atoms with Gasteiger partial charge in [-0.2, -0.15) is 0 Å². The predicted molar refractivity (Wildman–Crippen MR) is 99.9 cm³/mol. The SMILES string of the molecule is Cc1ccc(N)c(CCCC=CCCC(C)CC(C)C)c1N. The van der Waals surface area contributed by atoms with Crippen molar-refractivity contribution < 1.29 is 0 Å². The van der Waals surface area contributed by atoms with Crippen LogP contribution in [-0.2, 0) is 6.42 Å². The molecule has 0 radical (unpaired) electrons. The molecular formula is C20H34N2. The third-order valence-electron chi connectivity index (χ3n) is 4.28. The number of rotatable bonds is 9. The lowest BCUT2D eigenvalue weighted by molar-refractivity contribution is 0.418. The van der Waals surface area contributed by atoms with Crippen LogP contribution < -0.4 is 11.5 Å². The molecule has 1 aromatic carbocycles. The third kappa shape index (κ3) is 6.55. The molecule has 1 rings (SSSR count). The summed E-state index contributed by atoms with van der Waals surface area (Å²) in [5.41, 5.74) is 16.1. The Bertz CT molecular complexity index is 475. The number of hydrogen-bond acceptors (Lipinski definition) is 2. The van der Waals surface area contributed by atoms with E-state index in [9.17, 15) is 0 Å². The summed E-state index contributed by atoms with van der Waals surface area (Å²) >= 11 is 0. The maximum Gasteiger partial charge on any atom is 0.0397 e. The van der Waals surface area contributed by atoms with Gasteiger partial charge in [-0.15, -0.1) is 0 Å². The van der Waals surface area contributed by atoms with Crippen molar-refractivity contribution in [2.75, 3.05) is 11.5 Å². The van der Waals surface area contributed by atoms with Gasteiger partial charge < -0.3 is 11.5 Å². The Labute approximate surface area is 137 Å². The van der Waals surface area contributed by atoms with Crippen LogP contribution in [0.2, 0.25) is 0 Å². The van der Waals surface area contributed by atoms with Crippen molar-refractivity contribution in [3.63, 3.8) is 0 Å². The molecule has 0 fully saturated rings. The first-order valence-corrected chi connectivity index (χ1v) is 8.70. The Morgan fingerprint density at radius 1 is 1.05 bits per heavy atom. The van der Waals surface area contributed by atoms with Gasteiger partial charge in [0.05, 0.1) is 0 Å². The Morgan fingerprint density at radius 3 is 2.41 bits per heavy atom. The van der Waals surface area contributed by atoms with Gasteiger partial charge in [0, 0.05) is 11.4 Å². The molecule has 124 valence electrons. The van der Waals surface area contributed by atoms with Gasteiger partial charge in [-0.1, -0.05) is 39.0 Å². The van der Waals surface area contributed by atoms with Gasteiger partial charge in [0.1, 0.15) is 0 Å². The molecule has 2 heteroatoms. The Morgan fingerprint density at radius 2 is 1.73 bits per heavy atom. The Hall–Kier alpha value is -1.44. The molecule has 1 unspecified atom stereocenters. The lowest BCUT2D eigenvalue weighted by Crippen LogP contribution is -2.02. The van der Waals surface area contributed by atoms with Gasteiger partial charge in [-0.25, -0.2) is 0 Å². The predicted octanol–water partition coefficient (Wildman–Crippen LogP) is 5.50. The van der Waals surface area contributed by atoms with E-state index in [1.54, 1.807) is 0 Å². The Balaban J connectivity index is 2.26. The van der Waals surface area contributed by atoms with Gasteiger partial charge in [0.2, 0.25) is 0 Å². The van der Waals surface area contributed by atoms with Crippen LogP contribution in [0, 0.1) is 18.8 Å². The number of aryl methyl sites for hydroxylation is 1. The van der Waals surface area contributed by atoms with Crippen molar-refractivity contribution in [3.05, 3.63) is 35.4 Å². The monoisotopic (exact) mass is 302 g/mol. The van der Waals surface area contributed by atoms with Gasteiger partial charge in [0.15, 0.2) is 0 Å². The van der Waals surface area contributed by atoms with E-state index in [1.165, 1.54) is 19.3 Å². The van der Waals surface area contributed by atoms with E-state index < -0.39 is 0 Å². The van der Waals surface area contributed by atoms with E-state index in [0.29, 0.717) is 0 Å². The summed E-state index contributed by atoms with van der Waals surface area (Å²) in [4.78, 5) is 0. The molecular weight excluding hydrogens is 268 g/mol. The zero-order chi connectivity index (χ0) is 16.5. The minimum atomic E-state index is 0.809. The molecule has 2 nitrogen and oxygen atoms in total. The van der Waals surface area contributed by atoms with E-state index in [4.69, 9.17) is 11.5 Å². The largest absolute Gasteiger partial charge is 0.398 e. The first-order chi connectivity index (χ1) is 10.4. The van der Waals surface area contributed by atoms with Gasteiger partial charge in [0.25, 0.3) is 0 Å². The fraction of sp³-hybridized carbons (Fsp3) is 0.600. The van der Waals surface area contributed by atoms with Crippen LogP contribution in [0.15, 0.2) is 24.3 Å². The summed E-state index contributed by atoms with van der Waals surface area (Å²) in [5, 5.41) is 0. The molecule has 0 bridgehead atoms. The fourth-order valence-corrected chi connectivity index (χ4v) is 3.01. The Kier molecular flexibility index (Phi) is 8.08. The zero-order valence-electron chi connectivity index (χ0n) is 14.9. The first-order valence-electron chi connectivity index (χ1n) is 8.70. The second-order valence-electron chi connectivity index (χ2n) is 7.04. The van der Waals surface area contributed by atoms with E-state index in [0.717, 1.165) is 53.6 Å². The number of anilines is 2. The van der Waals surface area contributed by atoms with E-state index in [2.05, 4.69) is 32.9 Å². The molecule has 0 saturated heterocycles. The number of benzene rings is 1. The molecule has 0 heterocycles. The highest BCUT2D eigenvalue weighted by molar-refractivity contribution is 5.65. The molecule has 0 amide bonds. The molecule has 0 aliphatic carbocycles. The molecule has 0 aliphatic rings. The number of unbranched alkanes of at least 4 members (excludes halogenated alkanes) is 1. The molecule has 0 saturated carbocycles. The van der Waals surface area contributed by atoms with Crippen LogP contribution in [-0.4, -0.2) is 0 Å². The summed E-state index contributed by atoms with van der Waals surface area (Å²) in [7, 11) is 0. The summed E-state index contributed by atoms with van der Waals surface area (Å²) in [6, 6.07) is 3.96. The second-order valence-corrected chi connectivity index (χ2v) is 7.04. The van der Waals surface area contributed by atoms with Crippen LogP contribution >= 0.6 is 0 Å². The highest BCUT2D eigenvalue weighted by atomic mass is 14.6. The van der Waals surface area contributed by atoms with E-state index in [-0.39, 0.29) is 0 Å². The number of hydrogen-bond donors (Lipinski definition) is 2. The minimum absolute atomic E-state index is 0.809. The average molecular weight is 303 g/mol. The molecule has 1 atom stereocenters. The van der Waals surface area contributed by atoms with E-state index >= 15 is 0 Å². The van der Waals surface area contributed by atoms with Crippen LogP contribution in [0.25, 0.3) is 0 Å². The lowest BCUT2D eigenvalue weighted by atomic mass is 9.94. The molecule has 0 spiro atoms. The third-order valence-corrected chi connectivity index (χ3v) is 4.28. The molecule has 0 aromatic heterocycles. The maximum absolute atomic E-state index is 6.12. The summed E-state index contributed by atoms with van der Waals surface area (Å²) in [6.07, 6.45) is 11.6. The second kappa shape index (κ2) is 9.55. The van der Waals surface area contributed by atoms with Crippen molar-refractivity contribution in [2.45, 2.75) is 66.2 Å². The highest BCUT2D eigenvalue weighted by Crippen LogP contribution is 2.25. The molecule has 4 N–H and O–H groups in total. The zero-order valence-corrected chi connectivity index (χ0v) is 14.9. The van der Waals surface area contributed by atoms with Gasteiger partial charge in [-0.05, 0) is 74.5 Å². The van der Waals surface area contributed by atoms with Gasteiger partial charge >= 0.3 is 0 Å². The first kappa shape index (κ1) is 18.6. The number of allylic oxidation sites excluding steroid dienone is 2. The standard InChI is InChI=1S/C20H34N2/c1-15(2)14-16(3)10-8-6-5-7-9-11-18-19(21)13-12-17(4)20(18)22/h5-6,12-13,15-16H,7-11,14,21-22H2,1-4H3. The summed E-state index contributed by atoms with van der Waals surface area (Å²) in [5.74, 6) is 1.64. The van der Waals surface area contributed by atoms with Crippen molar-refractivity contribution in [1.29, 1.82) is 0 Å². The van der Waals surface area contributed by atoms with Crippen LogP contribution in [0.4, 0.5) is 11.4 Å². The number of nitrogen functional groups attached to an aromatic ring is 2.